The predicted octanol–water partition coefficient (Wildman–Crippen LogP) is 6.32. The average Bonchev–Trinajstić information content (AvgIpc) is 3.24. The molecule has 3 aromatic carbocycles. The van der Waals surface area contributed by atoms with Gasteiger partial charge in [0.15, 0.2) is 10.8 Å². The van der Waals surface area contributed by atoms with Gasteiger partial charge in [-0.15, -0.1) is 0 Å². The SMILES string of the molecule is Cc1cccc(Cn2c(SCc3ccc(C(=O)NCc4ccccc4C)cc3)nc3cccnc32)c1. The lowest BCUT2D eigenvalue weighted by molar-refractivity contribution is 0.0951. The lowest BCUT2D eigenvalue weighted by atomic mass is 10.1. The first kappa shape index (κ1) is 23.8. The molecule has 0 spiro atoms. The van der Waals surface area contributed by atoms with E-state index in [9.17, 15) is 4.79 Å². The Morgan fingerprint density at radius 3 is 2.56 bits per heavy atom. The number of imidazole rings is 1. The van der Waals surface area contributed by atoms with Gasteiger partial charge in [0.25, 0.3) is 5.91 Å². The highest BCUT2D eigenvalue weighted by Gasteiger charge is 2.13. The third kappa shape index (κ3) is 5.50. The highest BCUT2D eigenvalue weighted by molar-refractivity contribution is 7.98. The van der Waals surface area contributed by atoms with Crippen molar-refractivity contribution in [2.45, 2.75) is 37.8 Å². The van der Waals surface area contributed by atoms with E-state index in [1.165, 1.54) is 16.7 Å². The van der Waals surface area contributed by atoms with Gasteiger partial charge in [0.2, 0.25) is 0 Å². The van der Waals surface area contributed by atoms with Crippen molar-refractivity contribution in [2.24, 2.45) is 0 Å². The zero-order valence-corrected chi connectivity index (χ0v) is 21.3. The third-order valence-electron chi connectivity index (χ3n) is 6.18. The molecular weight excluding hydrogens is 464 g/mol. The Morgan fingerprint density at radius 2 is 1.75 bits per heavy atom. The van der Waals surface area contributed by atoms with Gasteiger partial charge in [-0.2, -0.15) is 0 Å². The number of fused-ring (bicyclic) bond motifs is 1. The van der Waals surface area contributed by atoms with Crippen LogP contribution in [0.1, 0.15) is 38.2 Å². The van der Waals surface area contributed by atoms with Gasteiger partial charge in [0.05, 0.1) is 6.54 Å². The van der Waals surface area contributed by atoms with Gasteiger partial charge in [-0.05, 0) is 60.4 Å². The van der Waals surface area contributed by atoms with Crippen LogP contribution in [0.2, 0.25) is 0 Å². The zero-order valence-electron chi connectivity index (χ0n) is 20.4. The fourth-order valence-electron chi connectivity index (χ4n) is 4.17. The molecule has 1 N–H and O–H groups in total. The molecule has 0 aliphatic carbocycles. The van der Waals surface area contributed by atoms with E-state index in [0.29, 0.717) is 12.1 Å². The molecule has 0 unspecified atom stereocenters. The molecule has 0 atom stereocenters. The Kier molecular flexibility index (Phi) is 7.14. The van der Waals surface area contributed by atoms with Crippen LogP contribution in [0.3, 0.4) is 0 Å². The van der Waals surface area contributed by atoms with E-state index < -0.39 is 0 Å². The summed E-state index contributed by atoms with van der Waals surface area (Å²) in [7, 11) is 0. The number of hydrogen-bond donors (Lipinski definition) is 1. The number of carbonyl (C=O) groups is 1. The Hall–Kier alpha value is -3.90. The monoisotopic (exact) mass is 492 g/mol. The number of aryl methyl sites for hydroxylation is 2. The molecule has 2 aromatic heterocycles. The molecule has 0 saturated carbocycles. The lowest BCUT2D eigenvalue weighted by Crippen LogP contribution is -2.23. The number of rotatable bonds is 8. The van der Waals surface area contributed by atoms with Gasteiger partial charge in [0, 0.05) is 24.1 Å². The van der Waals surface area contributed by atoms with Crippen molar-refractivity contribution in [1.82, 2.24) is 19.9 Å². The Morgan fingerprint density at radius 1 is 0.917 bits per heavy atom. The largest absolute Gasteiger partial charge is 0.348 e. The van der Waals surface area contributed by atoms with Crippen LogP contribution in [0.15, 0.2) is 96.3 Å². The van der Waals surface area contributed by atoms with E-state index in [-0.39, 0.29) is 5.91 Å². The first-order valence-electron chi connectivity index (χ1n) is 12.0. The predicted molar refractivity (Wildman–Crippen MR) is 146 cm³/mol. The van der Waals surface area contributed by atoms with E-state index in [1.807, 2.05) is 60.8 Å². The average molecular weight is 493 g/mol. The van der Waals surface area contributed by atoms with Crippen molar-refractivity contribution in [1.29, 1.82) is 0 Å². The van der Waals surface area contributed by atoms with Gasteiger partial charge in [0.1, 0.15) is 5.52 Å². The first-order valence-corrected chi connectivity index (χ1v) is 13.0. The molecule has 0 bridgehead atoms. The zero-order chi connectivity index (χ0) is 24.9. The number of thioether (sulfide) groups is 1. The minimum Gasteiger partial charge on any atom is -0.348 e. The highest BCUT2D eigenvalue weighted by atomic mass is 32.2. The summed E-state index contributed by atoms with van der Waals surface area (Å²) < 4.78 is 2.18. The Balaban J connectivity index is 1.27. The van der Waals surface area contributed by atoms with Crippen LogP contribution in [-0.4, -0.2) is 20.4 Å². The van der Waals surface area contributed by atoms with E-state index in [0.717, 1.165) is 39.7 Å². The molecule has 36 heavy (non-hydrogen) atoms. The summed E-state index contributed by atoms with van der Waals surface area (Å²) in [6.07, 6.45) is 1.81. The normalized spacial score (nSPS) is 11.1. The maximum absolute atomic E-state index is 12.6. The summed E-state index contributed by atoms with van der Waals surface area (Å²) in [6, 6.07) is 28.4. The molecular formula is C30H28N4OS. The van der Waals surface area contributed by atoms with Crippen molar-refractivity contribution < 1.29 is 4.79 Å². The number of nitrogens with one attached hydrogen (secondary N) is 1. The molecule has 5 nitrogen and oxygen atoms in total. The van der Waals surface area contributed by atoms with E-state index in [1.54, 1.807) is 11.8 Å². The van der Waals surface area contributed by atoms with Gasteiger partial charge < -0.3 is 5.32 Å². The molecule has 5 rings (SSSR count). The minimum absolute atomic E-state index is 0.0662. The number of hydrogen-bond acceptors (Lipinski definition) is 4. The molecule has 180 valence electrons. The van der Waals surface area contributed by atoms with Crippen molar-refractivity contribution in [3.63, 3.8) is 0 Å². The van der Waals surface area contributed by atoms with Crippen LogP contribution in [-0.2, 0) is 18.8 Å². The van der Waals surface area contributed by atoms with Gasteiger partial charge in [-0.25, -0.2) is 9.97 Å². The number of pyridine rings is 1. The summed E-state index contributed by atoms with van der Waals surface area (Å²) in [5.74, 6) is 0.686. The van der Waals surface area contributed by atoms with Gasteiger partial charge >= 0.3 is 0 Å². The maximum Gasteiger partial charge on any atom is 0.251 e. The summed E-state index contributed by atoms with van der Waals surface area (Å²) in [5.41, 5.74) is 8.35. The van der Waals surface area contributed by atoms with E-state index in [4.69, 9.17) is 4.98 Å². The van der Waals surface area contributed by atoms with Crippen LogP contribution in [0.25, 0.3) is 11.2 Å². The molecule has 0 radical (unpaired) electrons. The lowest BCUT2D eigenvalue weighted by Gasteiger charge is -2.10. The van der Waals surface area contributed by atoms with Crippen molar-refractivity contribution in [3.05, 3.63) is 125 Å². The smallest absolute Gasteiger partial charge is 0.251 e. The number of nitrogens with zero attached hydrogens (tertiary/aromatic N) is 3. The van der Waals surface area contributed by atoms with Crippen LogP contribution < -0.4 is 5.32 Å². The molecule has 0 saturated heterocycles. The second kappa shape index (κ2) is 10.8. The van der Waals surface area contributed by atoms with Crippen molar-refractivity contribution in [2.75, 3.05) is 0 Å². The summed E-state index contributed by atoms with van der Waals surface area (Å²) in [4.78, 5) is 22.1. The number of carbonyl (C=O) groups excluding carboxylic acids is 1. The topological polar surface area (TPSA) is 59.8 Å². The summed E-state index contributed by atoms with van der Waals surface area (Å²) in [6.45, 7) is 5.40. The van der Waals surface area contributed by atoms with Crippen LogP contribution in [0.4, 0.5) is 0 Å². The molecule has 1 amide bonds. The highest BCUT2D eigenvalue weighted by Crippen LogP contribution is 2.27. The Labute approximate surface area is 215 Å². The van der Waals surface area contributed by atoms with Crippen LogP contribution in [0.5, 0.6) is 0 Å². The number of benzene rings is 3. The second-order valence-electron chi connectivity index (χ2n) is 8.91. The first-order chi connectivity index (χ1) is 17.6. The van der Waals surface area contributed by atoms with Crippen LogP contribution in [0, 0.1) is 13.8 Å². The molecule has 6 heteroatoms. The molecule has 0 aliphatic rings. The van der Waals surface area contributed by atoms with E-state index in [2.05, 4.69) is 59.0 Å². The molecule has 0 fully saturated rings. The molecule has 2 heterocycles. The standard InChI is InChI=1S/C30H28N4OS/c1-21-7-5-9-24(17-21)19-34-28-27(11-6-16-31-28)33-30(34)36-20-23-12-14-25(15-13-23)29(35)32-18-26-10-4-3-8-22(26)2/h3-17H,18-20H2,1-2H3,(H,32,35). The Bertz CT molecular complexity index is 1510. The number of amides is 1. The van der Waals surface area contributed by atoms with E-state index >= 15 is 0 Å². The van der Waals surface area contributed by atoms with Crippen LogP contribution >= 0.6 is 11.8 Å². The van der Waals surface area contributed by atoms with Gasteiger partial charge in [-0.1, -0.05) is 78.0 Å². The van der Waals surface area contributed by atoms with Crippen molar-refractivity contribution in [3.8, 4) is 0 Å². The fourth-order valence-corrected chi connectivity index (χ4v) is 5.13. The number of aromatic nitrogens is 3. The quantitative estimate of drug-likeness (QED) is 0.258. The van der Waals surface area contributed by atoms with Gasteiger partial charge in [-0.3, -0.25) is 9.36 Å². The molecule has 5 aromatic rings. The fraction of sp³-hybridized carbons (Fsp3) is 0.167. The molecule has 0 aliphatic heterocycles. The summed E-state index contributed by atoms with van der Waals surface area (Å²) in [5, 5.41) is 3.95. The second-order valence-corrected chi connectivity index (χ2v) is 9.85. The summed E-state index contributed by atoms with van der Waals surface area (Å²) >= 11 is 1.68. The minimum atomic E-state index is -0.0662. The maximum atomic E-state index is 12.6. The van der Waals surface area contributed by atoms with Crippen molar-refractivity contribution >= 4 is 28.8 Å². The third-order valence-corrected chi connectivity index (χ3v) is 7.22.